The fourth-order valence-corrected chi connectivity index (χ4v) is 8.40. The molecule has 2 unspecified atom stereocenters. The highest BCUT2D eigenvalue weighted by molar-refractivity contribution is 7.48. The van der Waals surface area contributed by atoms with Gasteiger partial charge in [0.15, 0.2) is 37.2 Å². The molecule has 0 amide bonds. The molecular formula is C42H49O18P. The van der Waals surface area contributed by atoms with Crippen molar-refractivity contribution in [3.8, 4) is 0 Å². The molecule has 3 fully saturated rings. The van der Waals surface area contributed by atoms with Crippen molar-refractivity contribution in [2.75, 3.05) is 20.3 Å². The molecule has 61 heavy (non-hydrogen) atoms. The highest BCUT2D eigenvalue weighted by Gasteiger charge is 2.58. The molecule has 3 aliphatic rings. The van der Waals surface area contributed by atoms with Gasteiger partial charge in [-0.3, -0.25) is 32.7 Å². The van der Waals surface area contributed by atoms with Gasteiger partial charge in [0.25, 0.3) is 0 Å². The predicted octanol–water partition coefficient (Wildman–Crippen LogP) is 4.87. The molecule has 0 aromatic heterocycles. The Kier molecular flexibility index (Phi) is 16.2. The second-order valence-corrected chi connectivity index (χ2v) is 15.7. The van der Waals surface area contributed by atoms with E-state index in [1.165, 1.54) is 14.0 Å². The molecule has 3 aromatic carbocycles. The minimum Gasteiger partial charge on any atom is -0.463 e. The zero-order valence-corrected chi connectivity index (χ0v) is 35.0. The van der Waals surface area contributed by atoms with Crippen molar-refractivity contribution >= 4 is 31.7 Å². The van der Waals surface area contributed by atoms with Gasteiger partial charge in [-0.25, -0.2) is 4.57 Å². The summed E-state index contributed by atoms with van der Waals surface area (Å²) in [4.78, 5) is 49.9. The van der Waals surface area contributed by atoms with Crippen LogP contribution in [-0.4, -0.2) is 106 Å². The Morgan fingerprint density at radius 3 is 1.79 bits per heavy atom. The van der Waals surface area contributed by atoms with E-state index in [0.717, 1.165) is 26.3 Å². The average molecular weight is 873 g/mol. The summed E-state index contributed by atoms with van der Waals surface area (Å²) in [7, 11) is -3.85. The lowest BCUT2D eigenvalue weighted by Crippen LogP contribution is -2.64. The molecule has 12 atom stereocenters. The quantitative estimate of drug-likeness (QED) is 0.101. The van der Waals surface area contributed by atoms with Crippen molar-refractivity contribution < 1.29 is 84.7 Å². The molecule has 19 heteroatoms. The Hall–Kier alpha value is -4.59. The number of methoxy groups -OCH3 is 1. The Balaban J connectivity index is 1.40. The van der Waals surface area contributed by atoms with Crippen LogP contribution >= 0.6 is 7.82 Å². The first-order chi connectivity index (χ1) is 29.3. The van der Waals surface area contributed by atoms with Crippen LogP contribution in [-0.2, 0) is 97.9 Å². The van der Waals surface area contributed by atoms with Crippen molar-refractivity contribution in [1.82, 2.24) is 0 Å². The zero-order valence-electron chi connectivity index (χ0n) is 34.1. The van der Waals surface area contributed by atoms with E-state index in [9.17, 15) is 19.2 Å². The Bertz CT molecular complexity index is 1950. The zero-order chi connectivity index (χ0) is 43.5. The molecule has 0 bridgehead atoms. The number of ether oxygens (including phenoxy) is 10. The SMILES string of the molecule is CO[C@H]1O[C@H](COC(C)=O)[C@@H](OP(=O)(OCc2ccccc2)O[C@H]2O[C@@H]3COC(c4ccccc4)O[C@H]3[C@H](OC(C)=O)[C@@H]2OCc2ccccc2)[C@H](OC(C)=O)[C@H]1OC(C)=O. The summed E-state index contributed by atoms with van der Waals surface area (Å²) in [6.45, 7) is 3.51. The number of hydrogen-bond acceptors (Lipinski definition) is 18. The smallest absolute Gasteiger partial charge is 0.463 e. The van der Waals surface area contributed by atoms with Crippen molar-refractivity contribution in [1.29, 1.82) is 0 Å². The van der Waals surface area contributed by atoms with E-state index in [1.54, 1.807) is 30.3 Å². The third-order valence-electron chi connectivity index (χ3n) is 9.54. The minimum atomic E-state index is -5.10. The van der Waals surface area contributed by atoms with Crippen LogP contribution in [0.2, 0.25) is 0 Å². The van der Waals surface area contributed by atoms with Crippen LogP contribution in [0.5, 0.6) is 0 Å². The van der Waals surface area contributed by atoms with E-state index in [2.05, 4.69) is 0 Å². The lowest BCUT2D eigenvalue weighted by Gasteiger charge is -2.49. The van der Waals surface area contributed by atoms with Crippen molar-refractivity contribution in [2.24, 2.45) is 0 Å². The first-order valence-electron chi connectivity index (χ1n) is 19.4. The van der Waals surface area contributed by atoms with E-state index >= 15 is 4.57 Å². The van der Waals surface area contributed by atoms with Gasteiger partial charge >= 0.3 is 31.7 Å². The molecule has 3 saturated heterocycles. The van der Waals surface area contributed by atoms with Crippen LogP contribution in [0.25, 0.3) is 0 Å². The standard InChI is InChI=1S/C42H49O18P/c1-25(43)49-23-33-35(37(54-27(3)45)39(55-28(4)46)41(48-5)56-33)59-61(47,52-22-30-17-11-7-12-18-30)60-42-38(50-21-29-15-9-6-10-16-29)36(53-26(2)44)34-32(57-42)24-51-40(58-34)31-19-13-8-14-20-31/h6-20,32-42H,21-24H2,1-5H3/t32-,33-,34-,35-,36+,37+,38+,39-,40?,41+,42-,61?/m1/s1. The molecule has 3 heterocycles. The molecular weight excluding hydrogens is 823 g/mol. The monoisotopic (exact) mass is 872 g/mol. The number of phosphoric ester groups is 1. The lowest BCUT2D eigenvalue weighted by atomic mass is 9.97. The number of hydrogen-bond donors (Lipinski definition) is 0. The number of benzene rings is 3. The molecule has 0 radical (unpaired) electrons. The third-order valence-corrected chi connectivity index (χ3v) is 11.0. The van der Waals surface area contributed by atoms with Gasteiger partial charge in [-0.2, -0.15) is 0 Å². The topological polar surface area (TPSA) is 205 Å². The summed E-state index contributed by atoms with van der Waals surface area (Å²) >= 11 is 0. The van der Waals surface area contributed by atoms with Gasteiger partial charge in [0, 0.05) is 40.4 Å². The molecule has 3 aromatic rings. The Labute approximate surface area is 352 Å². The predicted molar refractivity (Wildman–Crippen MR) is 207 cm³/mol. The largest absolute Gasteiger partial charge is 0.478 e. The van der Waals surface area contributed by atoms with Crippen molar-refractivity contribution in [3.63, 3.8) is 0 Å². The van der Waals surface area contributed by atoms with Gasteiger partial charge in [-0.1, -0.05) is 91.0 Å². The Morgan fingerprint density at radius 2 is 1.20 bits per heavy atom. The molecule has 330 valence electrons. The number of rotatable bonds is 17. The summed E-state index contributed by atoms with van der Waals surface area (Å²) in [5.41, 5.74) is 1.96. The van der Waals surface area contributed by atoms with Crippen LogP contribution in [0.4, 0.5) is 0 Å². The van der Waals surface area contributed by atoms with E-state index in [0.29, 0.717) is 11.1 Å². The summed E-state index contributed by atoms with van der Waals surface area (Å²) in [6.07, 6.45) is -14.8. The second-order valence-electron chi connectivity index (χ2n) is 14.2. The van der Waals surface area contributed by atoms with Crippen LogP contribution in [0.15, 0.2) is 91.0 Å². The summed E-state index contributed by atoms with van der Waals surface area (Å²) in [5.74, 6) is -3.07. The first kappa shape index (κ1) is 45.9. The maximum atomic E-state index is 15.4. The van der Waals surface area contributed by atoms with E-state index in [4.69, 9.17) is 60.9 Å². The number of esters is 4. The van der Waals surface area contributed by atoms with Gasteiger partial charge in [-0.15, -0.1) is 0 Å². The van der Waals surface area contributed by atoms with Crippen LogP contribution in [0.1, 0.15) is 50.7 Å². The summed E-state index contributed by atoms with van der Waals surface area (Å²) in [6, 6.07) is 26.8. The number of phosphoric acid groups is 1. The molecule has 3 aliphatic heterocycles. The second kappa shape index (κ2) is 21.5. The number of carbonyl (C=O) groups excluding carboxylic acids is 4. The van der Waals surface area contributed by atoms with E-state index in [-0.39, 0.29) is 19.8 Å². The van der Waals surface area contributed by atoms with Gasteiger partial charge in [0.2, 0.25) is 0 Å². The normalized spacial score (nSPS) is 29.6. The average Bonchev–Trinajstić information content (AvgIpc) is 3.24. The molecule has 0 spiro atoms. The summed E-state index contributed by atoms with van der Waals surface area (Å²) in [5, 5.41) is 0. The highest BCUT2D eigenvalue weighted by Crippen LogP contribution is 2.56. The molecule has 18 nitrogen and oxygen atoms in total. The highest BCUT2D eigenvalue weighted by atomic mass is 31.2. The minimum absolute atomic E-state index is 0.0591. The van der Waals surface area contributed by atoms with E-state index in [1.807, 2.05) is 60.7 Å². The number of fused-ring (bicyclic) bond motifs is 1. The van der Waals surface area contributed by atoms with Gasteiger partial charge in [0.05, 0.1) is 19.8 Å². The molecule has 6 rings (SSSR count). The van der Waals surface area contributed by atoms with Gasteiger partial charge in [-0.05, 0) is 11.1 Å². The van der Waals surface area contributed by atoms with Crippen LogP contribution in [0.3, 0.4) is 0 Å². The van der Waals surface area contributed by atoms with Gasteiger partial charge in [0.1, 0.15) is 37.1 Å². The van der Waals surface area contributed by atoms with Gasteiger partial charge < -0.3 is 47.4 Å². The molecule has 0 saturated carbocycles. The first-order valence-corrected chi connectivity index (χ1v) is 20.9. The third kappa shape index (κ3) is 12.5. The van der Waals surface area contributed by atoms with Crippen molar-refractivity contribution in [2.45, 2.75) is 109 Å². The van der Waals surface area contributed by atoms with Crippen LogP contribution in [0, 0.1) is 0 Å². The van der Waals surface area contributed by atoms with E-state index < -0.39 is 106 Å². The fraction of sp³-hybridized carbons (Fsp3) is 0.476. The number of carbonyl (C=O) groups is 4. The maximum Gasteiger partial charge on any atom is 0.478 e. The summed E-state index contributed by atoms with van der Waals surface area (Å²) < 4.78 is 93.2. The molecule has 0 aliphatic carbocycles. The van der Waals surface area contributed by atoms with Crippen LogP contribution < -0.4 is 0 Å². The van der Waals surface area contributed by atoms with Crippen molar-refractivity contribution in [3.05, 3.63) is 108 Å². The maximum absolute atomic E-state index is 15.4. The fourth-order valence-electron chi connectivity index (χ4n) is 6.94. The Morgan fingerprint density at radius 1 is 0.623 bits per heavy atom. The lowest BCUT2D eigenvalue weighted by molar-refractivity contribution is -0.358. The molecule has 0 N–H and O–H groups in total.